The molecule has 6 nitrogen and oxygen atoms in total. The molecule has 3 heterocycles. The largest absolute Gasteiger partial charge is 0.310 e. The first-order valence-electron chi connectivity index (χ1n) is 45.3. The van der Waals surface area contributed by atoms with E-state index >= 15 is 0 Å². The minimum absolute atomic E-state index is 0.937. The number of hydrogen-bond donors (Lipinski definition) is 0. The van der Waals surface area contributed by atoms with Gasteiger partial charge in [0.25, 0.3) is 0 Å². The quantitative estimate of drug-likeness (QED) is 0.0856. The molecule has 0 saturated heterocycles. The molecule has 0 saturated carbocycles. The lowest BCUT2D eigenvalue weighted by atomic mass is 10.0. The van der Waals surface area contributed by atoms with E-state index in [1.54, 1.807) is 0 Å². The van der Waals surface area contributed by atoms with Gasteiger partial charge in [0.2, 0.25) is 0 Å². The molecule has 618 valence electrons. The van der Waals surface area contributed by atoms with Crippen LogP contribution in [0.4, 0.5) is 51.2 Å². The third kappa shape index (κ3) is 13.5. The number of hydrogen-bond acceptors (Lipinski definition) is 3. The average molecular weight is 1680 g/mol. The molecule has 0 aliphatic carbocycles. The van der Waals surface area contributed by atoms with Crippen LogP contribution in [0, 0.1) is 0 Å². The summed E-state index contributed by atoms with van der Waals surface area (Å²) in [5.74, 6) is 0. The Morgan fingerprint density at radius 1 is 0.121 bits per heavy atom. The predicted molar refractivity (Wildman–Crippen MR) is 559 cm³/mol. The molecular weight excluding hydrogens is 1600 g/mol. The van der Waals surface area contributed by atoms with Crippen LogP contribution < -0.4 is 14.7 Å². The molecule has 0 unspecified atom stereocenters. The number of rotatable bonds is 18. The summed E-state index contributed by atoms with van der Waals surface area (Å²) in [4.78, 5) is 7.64. The van der Waals surface area contributed by atoms with Crippen LogP contribution in [0.5, 0.6) is 0 Å². The monoisotopic (exact) mass is 1680 g/mol. The second-order valence-electron chi connectivity index (χ2n) is 34.4. The standard InChI is InChI=1S/C126H84N6/c1-7-28-85(29-8-1)91-52-61-100(62-53-91)130-121-70-58-97(88-34-13-4-14-35-88)76-112(121)115-82-103(67-73-124(115)130)127(118-49-25-43-94-40-19-22-46-109(94)118)106-79-107(128(119-50-26-44-95-41-20-23-47-110(95)119)104-68-74-125-116(83-104)113-77-98(89-36-15-5-16-37-89)59-71-122(113)131(125)101-63-54-92(55-64-101)86-30-9-2-10-31-86)81-108(80-106)129(120-51-27-45-96-42-21-24-48-111(96)120)105-69-75-126-117(84-105)114-78-99(90-38-17-6-18-39-90)60-72-123(114)132(126)102-65-56-93(57-66-102)87-32-11-3-12-33-87/h1-84H. The molecule has 25 aromatic rings. The van der Waals surface area contributed by atoms with Crippen LogP contribution in [-0.2, 0) is 0 Å². The molecule has 0 fully saturated rings. The molecule has 6 heteroatoms. The van der Waals surface area contributed by atoms with Crippen molar-refractivity contribution in [2.75, 3.05) is 14.7 Å². The van der Waals surface area contributed by atoms with Crippen molar-refractivity contribution >= 4 is 149 Å². The Morgan fingerprint density at radius 2 is 0.318 bits per heavy atom. The van der Waals surface area contributed by atoms with Gasteiger partial charge in [-0.3, -0.25) is 0 Å². The number of nitrogens with zero attached hydrogens (tertiary/aromatic N) is 6. The molecule has 22 aromatic carbocycles. The summed E-state index contributed by atoms with van der Waals surface area (Å²) in [5.41, 5.74) is 32.6. The minimum atomic E-state index is 0.937. The fraction of sp³-hybridized carbons (Fsp3) is 0. The van der Waals surface area contributed by atoms with Crippen molar-refractivity contribution in [3.8, 4) is 83.8 Å². The number of aromatic nitrogens is 3. The lowest BCUT2D eigenvalue weighted by Gasteiger charge is -2.34. The first-order valence-corrected chi connectivity index (χ1v) is 45.3. The summed E-state index contributed by atoms with van der Waals surface area (Å²) in [6, 6.07) is 189. The zero-order valence-corrected chi connectivity index (χ0v) is 72.2. The van der Waals surface area contributed by atoms with Crippen LogP contribution in [0.3, 0.4) is 0 Å². The lowest BCUT2D eigenvalue weighted by molar-refractivity contribution is 1.18. The van der Waals surface area contributed by atoms with Crippen LogP contribution in [0.15, 0.2) is 510 Å². The molecule has 0 aliphatic rings. The second-order valence-corrected chi connectivity index (χ2v) is 34.4. The summed E-state index contributed by atoms with van der Waals surface area (Å²) in [5, 5.41) is 13.5. The van der Waals surface area contributed by atoms with E-state index in [4.69, 9.17) is 0 Å². The molecule has 0 aliphatic heterocycles. The smallest absolute Gasteiger partial charge is 0.0542 e. The van der Waals surface area contributed by atoms with Gasteiger partial charge in [-0.25, -0.2) is 0 Å². The Hall–Kier alpha value is -17.6. The minimum Gasteiger partial charge on any atom is -0.310 e. The van der Waals surface area contributed by atoms with Crippen LogP contribution >= 0.6 is 0 Å². The predicted octanol–water partition coefficient (Wildman–Crippen LogP) is 34.8. The SMILES string of the molecule is c1ccc(-c2ccc(-n3c4ccc(-c5ccccc5)cc4c4cc(N(c5cc(N(c6ccc7c(c6)c6cc(-c8ccccc8)ccc6n7-c6ccc(-c7ccccc7)cc6)c6cccc7ccccc67)cc(N(c6ccc7c(c6)c6cc(-c8ccccc8)ccc6n7-c6ccc(-c7ccccc7)cc6)c6cccc7ccccc67)c5)c5cccc6ccccc56)ccc43)cc2)cc1. The summed E-state index contributed by atoms with van der Waals surface area (Å²) in [6.45, 7) is 0. The lowest BCUT2D eigenvalue weighted by Crippen LogP contribution is -2.17. The van der Waals surface area contributed by atoms with Crippen LogP contribution in [0.2, 0.25) is 0 Å². The molecule has 0 N–H and O–H groups in total. The van der Waals surface area contributed by atoms with Crippen molar-refractivity contribution in [1.82, 2.24) is 13.7 Å². The highest BCUT2D eigenvalue weighted by molar-refractivity contribution is 6.17. The maximum absolute atomic E-state index is 2.55. The van der Waals surface area contributed by atoms with E-state index in [1.165, 1.54) is 16.7 Å². The fourth-order valence-corrected chi connectivity index (χ4v) is 20.5. The van der Waals surface area contributed by atoms with E-state index in [2.05, 4.69) is 538 Å². The maximum atomic E-state index is 2.55. The summed E-state index contributed by atoms with van der Waals surface area (Å²) in [6.07, 6.45) is 0. The van der Waals surface area contributed by atoms with Gasteiger partial charge in [-0.2, -0.15) is 0 Å². The van der Waals surface area contributed by atoms with Crippen molar-refractivity contribution in [3.63, 3.8) is 0 Å². The van der Waals surface area contributed by atoms with Gasteiger partial charge in [-0.1, -0.05) is 346 Å². The van der Waals surface area contributed by atoms with Gasteiger partial charge in [0, 0.05) is 82.6 Å². The topological polar surface area (TPSA) is 24.5 Å². The van der Waals surface area contributed by atoms with Crippen molar-refractivity contribution in [2.45, 2.75) is 0 Å². The average Bonchev–Trinajstić information content (AvgIpc) is 1.56. The molecule has 0 spiro atoms. The Labute approximate surface area is 765 Å². The number of benzene rings is 22. The summed E-state index contributed by atoms with van der Waals surface area (Å²) in [7, 11) is 0. The van der Waals surface area contributed by atoms with E-state index in [1.807, 2.05) is 0 Å². The van der Waals surface area contributed by atoms with Gasteiger partial charge in [-0.15, -0.1) is 0 Å². The second kappa shape index (κ2) is 32.4. The van der Waals surface area contributed by atoms with E-state index in [0.717, 1.165) is 216 Å². The third-order valence-electron chi connectivity index (χ3n) is 26.7. The number of fused-ring (bicyclic) bond motifs is 12. The fourth-order valence-electron chi connectivity index (χ4n) is 20.5. The van der Waals surface area contributed by atoms with E-state index < -0.39 is 0 Å². The van der Waals surface area contributed by atoms with Crippen LogP contribution in [0.25, 0.3) is 182 Å². The van der Waals surface area contributed by atoms with Crippen LogP contribution in [0.1, 0.15) is 0 Å². The summed E-state index contributed by atoms with van der Waals surface area (Å²) < 4.78 is 7.37. The van der Waals surface area contributed by atoms with E-state index in [9.17, 15) is 0 Å². The maximum Gasteiger partial charge on any atom is 0.0542 e. The molecule has 0 bridgehead atoms. The van der Waals surface area contributed by atoms with Gasteiger partial charge in [0.15, 0.2) is 0 Å². The summed E-state index contributed by atoms with van der Waals surface area (Å²) >= 11 is 0. The molecule has 0 amide bonds. The molecule has 25 rings (SSSR count). The van der Waals surface area contributed by atoms with E-state index in [0.29, 0.717) is 0 Å². The van der Waals surface area contributed by atoms with Crippen molar-refractivity contribution in [2.24, 2.45) is 0 Å². The Balaban J connectivity index is 0.782. The first-order chi connectivity index (χ1) is 65.4. The molecule has 132 heavy (non-hydrogen) atoms. The first kappa shape index (κ1) is 76.8. The zero-order valence-electron chi connectivity index (χ0n) is 72.2. The van der Waals surface area contributed by atoms with Crippen molar-refractivity contribution < 1.29 is 0 Å². The highest BCUT2D eigenvalue weighted by atomic mass is 15.2. The molecule has 3 aromatic heterocycles. The highest BCUT2D eigenvalue weighted by Crippen LogP contribution is 2.53. The molecular formula is C126H84N6. The molecule has 0 radical (unpaired) electrons. The Bertz CT molecular complexity index is 7890. The van der Waals surface area contributed by atoms with Gasteiger partial charge < -0.3 is 28.4 Å². The van der Waals surface area contributed by atoms with Crippen molar-refractivity contribution in [3.05, 3.63) is 510 Å². The van der Waals surface area contributed by atoms with E-state index in [-0.39, 0.29) is 0 Å². The van der Waals surface area contributed by atoms with Crippen LogP contribution in [-0.4, -0.2) is 13.7 Å². The van der Waals surface area contributed by atoms with Gasteiger partial charge in [-0.05, 0) is 247 Å². The van der Waals surface area contributed by atoms with Gasteiger partial charge in [0.1, 0.15) is 0 Å². The normalized spacial score (nSPS) is 11.6. The van der Waals surface area contributed by atoms with Gasteiger partial charge in [0.05, 0.1) is 67.2 Å². The Kier molecular flexibility index (Phi) is 18.8. The highest BCUT2D eigenvalue weighted by Gasteiger charge is 2.29. The number of anilines is 9. The van der Waals surface area contributed by atoms with Crippen molar-refractivity contribution in [1.29, 1.82) is 0 Å². The van der Waals surface area contributed by atoms with Gasteiger partial charge >= 0.3 is 0 Å². The zero-order chi connectivity index (χ0) is 87.1. The molecule has 0 atom stereocenters. The Morgan fingerprint density at radius 3 is 0.576 bits per heavy atom. The third-order valence-corrected chi connectivity index (χ3v) is 26.7.